The van der Waals surface area contributed by atoms with E-state index in [2.05, 4.69) is 19.1 Å². The number of Topliss-reactive ketones (excluding diaryl/α,β-unsaturated/α-hetero) is 1. The second-order valence-corrected chi connectivity index (χ2v) is 4.80. The van der Waals surface area contributed by atoms with Crippen molar-refractivity contribution in [2.45, 2.75) is 38.7 Å². The summed E-state index contributed by atoms with van der Waals surface area (Å²) in [4.78, 5) is 12.2. The maximum atomic E-state index is 12.2. The highest BCUT2D eigenvalue weighted by Gasteiger charge is 2.36. The molecule has 0 heterocycles. The Labute approximate surface area is 103 Å². The Morgan fingerprint density at radius 3 is 2.47 bits per heavy atom. The van der Waals surface area contributed by atoms with Gasteiger partial charge in [0.05, 0.1) is 0 Å². The number of methoxy groups -OCH3 is 1. The van der Waals surface area contributed by atoms with Crippen LogP contribution in [-0.4, -0.2) is 19.0 Å². The van der Waals surface area contributed by atoms with Gasteiger partial charge < -0.3 is 4.74 Å². The van der Waals surface area contributed by atoms with Gasteiger partial charge in [-0.1, -0.05) is 37.6 Å². The predicted octanol–water partition coefficient (Wildman–Crippen LogP) is 3.25. The van der Waals surface area contributed by atoms with Crippen LogP contribution in [0.1, 0.15) is 42.1 Å². The number of ether oxygens (including phenoxy) is 1. The van der Waals surface area contributed by atoms with Crippen molar-refractivity contribution in [3.8, 4) is 0 Å². The van der Waals surface area contributed by atoms with E-state index in [0.29, 0.717) is 5.92 Å². The van der Waals surface area contributed by atoms with Crippen LogP contribution in [0.5, 0.6) is 0 Å². The van der Waals surface area contributed by atoms with Crippen molar-refractivity contribution in [2.24, 2.45) is 5.92 Å². The van der Waals surface area contributed by atoms with Gasteiger partial charge in [0.25, 0.3) is 0 Å². The lowest BCUT2D eigenvalue weighted by molar-refractivity contribution is 0.0540. The molecule has 1 aromatic rings. The summed E-state index contributed by atoms with van der Waals surface area (Å²) >= 11 is 0. The fourth-order valence-electron chi connectivity index (χ4n) is 2.20. The molecule has 0 radical (unpaired) electrons. The molecule has 0 amide bonds. The van der Waals surface area contributed by atoms with E-state index in [1.54, 1.807) is 7.11 Å². The molecule has 2 nitrogen and oxygen atoms in total. The largest absolute Gasteiger partial charge is 0.373 e. The summed E-state index contributed by atoms with van der Waals surface area (Å²) in [5.74, 6) is 0.584. The van der Waals surface area contributed by atoms with Gasteiger partial charge in [-0.15, -0.1) is 0 Å². The van der Waals surface area contributed by atoms with Crippen LogP contribution in [0, 0.1) is 5.92 Å². The maximum Gasteiger partial charge on any atom is 0.191 e. The zero-order chi connectivity index (χ0) is 12.3. The Balaban J connectivity index is 2.07. The minimum absolute atomic E-state index is 0.137. The highest BCUT2D eigenvalue weighted by molar-refractivity contribution is 5.99. The molecule has 92 valence electrons. The molecule has 17 heavy (non-hydrogen) atoms. The van der Waals surface area contributed by atoms with E-state index in [1.165, 1.54) is 5.56 Å². The zero-order valence-electron chi connectivity index (χ0n) is 10.6. The molecule has 1 fully saturated rings. The predicted molar refractivity (Wildman–Crippen MR) is 68.3 cm³/mol. The lowest BCUT2D eigenvalue weighted by atomic mass is 10.0. The van der Waals surface area contributed by atoms with E-state index in [0.717, 1.165) is 31.2 Å². The first-order valence-electron chi connectivity index (χ1n) is 6.42. The molecule has 2 rings (SSSR count). The summed E-state index contributed by atoms with van der Waals surface area (Å²) in [6.45, 7) is 2.16. The molecule has 0 N–H and O–H groups in total. The number of hydrogen-bond acceptors (Lipinski definition) is 2. The van der Waals surface area contributed by atoms with E-state index in [4.69, 9.17) is 4.74 Å². The summed E-state index contributed by atoms with van der Waals surface area (Å²) in [6.07, 6.45) is 4.23. The Bertz CT molecular complexity index is 376. The van der Waals surface area contributed by atoms with Crippen LogP contribution < -0.4 is 0 Å². The van der Waals surface area contributed by atoms with Crippen molar-refractivity contribution in [3.05, 3.63) is 35.4 Å². The summed E-state index contributed by atoms with van der Waals surface area (Å²) < 4.78 is 5.32. The molecular weight excluding hydrogens is 212 g/mol. The van der Waals surface area contributed by atoms with Crippen LogP contribution in [0.4, 0.5) is 0 Å². The number of carbonyl (C=O) groups is 1. The van der Waals surface area contributed by atoms with Gasteiger partial charge in [0.2, 0.25) is 0 Å². The van der Waals surface area contributed by atoms with Crippen LogP contribution in [0.3, 0.4) is 0 Å². The van der Waals surface area contributed by atoms with Crippen LogP contribution in [0.2, 0.25) is 0 Å². The van der Waals surface area contributed by atoms with E-state index in [9.17, 15) is 4.79 Å². The Morgan fingerprint density at radius 2 is 2.00 bits per heavy atom. The van der Waals surface area contributed by atoms with Gasteiger partial charge in [0.15, 0.2) is 5.78 Å². The zero-order valence-corrected chi connectivity index (χ0v) is 10.6. The van der Waals surface area contributed by atoms with Crippen molar-refractivity contribution < 1.29 is 9.53 Å². The van der Waals surface area contributed by atoms with Crippen LogP contribution in [-0.2, 0) is 11.2 Å². The number of benzene rings is 1. The molecule has 1 aromatic carbocycles. The van der Waals surface area contributed by atoms with E-state index >= 15 is 0 Å². The van der Waals surface area contributed by atoms with Gasteiger partial charge in [-0.25, -0.2) is 0 Å². The van der Waals surface area contributed by atoms with Gasteiger partial charge in [-0.3, -0.25) is 4.79 Å². The molecule has 1 atom stereocenters. The molecule has 1 saturated carbocycles. The SMILES string of the molecule is CCCc1ccc(C(=O)C(OC)C2CC2)cc1. The Morgan fingerprint density at radius 1 is 1.35 bits per heavy atom. The Hall–Kier alpha value is -1.15. The average molecular weight is 232 g/mol. The fourth-order valence-corrected chi connectivity index (χ4v) is 2.20. The van der Waals surface area contributed by atoms with Crippen molar-refractivity contribution >= 4 is 5.78 Å². The highest BCUT2D eigenvalue weighted by atomic mass is 16.5. The third-order valence-corrected chi connectivity index (χ3v) is 3.34. The number of rotatable bonds is 6. The van der Waals surface area contributed by atoms with Crippen molar-refractivity contribution in [1.82, 2.24) is 0 Å². The van der Waals surface area contributed by atoms with E-state index < -0.39 is 0 Å². The van der Waals surface area contributed by atoms with Crippen molar-refractivity contribution in [2.75, 3.05) is 7.11 Å². The molecule has 1 aliphatic carbocycles. The minimum Gasteiger partial charge on any atom is -0.373 e. The minimum atomic E-state index is -0.230. The topological polar surface area (TPSA) is 26.3 Å². The quantitative estimate of drug-likeness (QED) is 0.704. The second kappa shape index (κ2) is 5.46. The molecule has 1 unspecified atom stereocenters. The molecule has 2 heteroatoms. The summed E-state index contributed by atoms with van der Waals surface area (Å²) in [5, 5.41) is 0. The highest BCUT2D eigenvalue weighted by Crippen LogP contribution is 2.35. The first-order valence-corrected chi connectivity index (χ1v) is 6.42. The van der Waals surface area contributed by atoms with Gasteiger partial charge >= 0.3 is 0 Å². The summed E-state index contributed by atoms with van der Waals surface area (Å²) in [5.41, 5.74) is 2.08. The number of ketones is 1. The van der Waals surface area contributed by atoms with Crippen molar-refractivity contribution in [3.63, 3.8) is 0 Å². The Kier molecular flexibility index (Phi) is 3.95. The van der Waals surface area contributed by atoms with Gasteiger partial charge in [0, 0.05) is 12.7 Å². The second-order valence-electron chi connectivity index (χ2n) is 4.80. The smallest absolute Gasteiger partial charge is 0.191 e. The lowest BCUT2D eigenvalue weighted by Crippen LogP contribution is -2.25. The van der Waals surface area contributed by atoms with Crippen LogP contribution in [0.25, 0.3) is 0 Å². The molecule has 0 spiro atoms. The van der Waals surface area contributed by atoms with Gasteiger partial charge in [-0.2, -0.15) is 0 Å². The lowest BCUT2D eigenvalue weighted by Gasteiger charge is -2.13. The maximum absolute atomic E-state index is 12.2. The van der Waals surface area contributed by atoms with E-state index in [1.807, 2.05) is 12.1 Å². The number of carbonyl (C=O) groups excluding carboxylic acids is 1. The van der Waals surface area contributed by atoms with Crippen LogP contribution in [0.15, 0.2) is 24.3 Å². The first-order chi connectivity index (χ1) is 8.26. The molecular formula is C15H20O2. The van der Waals surface area contributed by atoms with Crippen LogP contribution >= 0.6 is 0 Å². The fraction of sp³-hybridized carbons (Fsp3) is 0.533. The van der Waals surface area contributed by atoms with Gasteiger partial charge in [0.1, 0.15) is 6.10 Å². The van der Waals surface area contributed by atoms with Gasteiger partial charge in [-0.05, 0) is 30.7 Å². The standard InChI is InChI=1S/C15H20O2/c1-3-4-11-5-7-12(8-6-11)14(16)15(17-2)13-9-10-13/h5-8,13,15H,3-4,9-10H2,1-2H3. The number of aryl methyl sites for hydroxylation is 1. The molecule has 0 bridgehead atoms. The first kappa shape index (κ1) is 12.3. The number of hydrogen-bond donors (Lipinski definition) is 0. The normalized spacial score (nSPS) is 16.8. The average Bonchev–Trinajstić information content (AvgIpc) is 3.16. The molecule has 1 aliphatic rings. The summed E-state index contributed by atoms with van der Waals surface area (Å²) in [7, 11) is 1.63. The van der Waals surface area contributed by atoms with E-state index in [-0.39, 0.29) is 11.9 Å². The third kappa shape index (κ3) is 2.95. The molecule has 0 aromatic heterocycles. The van der Waals surface area contributed by atoms with Crippen molar-refractivity contribution in [1.29, 1.82) is 0 Å². The summed E-state index contributed by atoms with van der Waals surface area (Å²) in [6, 6.07) is 7.97. The third-order valence-electron chi connectivity index (χ3n) is 3.34. The molecule has 0 saturated heterocycles. The monoisotopic (exact) mass is 232 g/mol. The molecule has 0 aliphatic heterocycles.